The van der Waals surface area contributed by atoms with E-state index >= 15 is 0 Å². The van der Waals surface area contributed by atoms with Gasteiger partial charge in [-0.15, -0.1) is 0 Å². The first kappa shape index (κ1) is 9.85. The van der Waals surface area contributed by atoms with Crippen molar-refractivity contribution in [1.82, 2.24) is 9.80 Å². The van der Waals surface area contributed by atoms with Gasteiger partial charge in [0.2, 0.25) is 0 Å². The molecule has 3 nitrogen and oxygen atoms in total. The van der Waals surface area contributed by atoms with Gasteiger partial charge in [-0.25, -0.2) is 0 Å². The van der Waals surface area contributed by atoms with Crippen LogP contribution in [0.25, 0.3) is 0 Å². The maximum Gasteiger partial charge on any atom is 0.171 e. The van der Waals surface area contributed by atoms with Gasteiger partial charge in [0.15, 0.2) is 6.35 Å². The highest BCUT2D eigenvalue weighted by Gasteiger charge is 2.28. The molecular formula is C9H19N2OP. The van der Waals surface area contributed by atoms with Gasteiger partial charge in [0.05, 0.1) is 0 Å². The molecule has 2 saturated heterocycles. The molecule has 2 aliphatic heterocycles. The number of nitrogens with zero attached hydrogens (tertiary/aromatic N) is 2. The molecule has 0 aromatic carbocycles. The van der Waals surface area contributed by atoms with Gasteiger partial charge >= 0.3 is 0 Å². The van der Waals surface area contributed by atoms with Crippen molar-refractivity contribution in [2.45, 2.75) is 32.0 Å². The molecule has 0 aromatic heterocycles. The molecule has 2 fully saturated rings. The molecule has 0 amide bonds. The van der Waals surface area contributed by atoms with E-state index < -0.39 is 0 Å². The van der Waals surface area contributed by atoms with Crippen molar-refractivity contribution in [3.05, 3.63) is 0 Å². The highest BCUT2D eigenvalue weighted by atomic mass is 31.0. The molecule has 0 aromatic rings. The Morgan fingerprint density at radius 2 is 1.23 bits per heavy atom. The molecule has 2 rings (SSSR count). The minimum atomic E-state index is 0.231. The highest BCUT2D eigenvalue weighted by molar-refractivity contribution is 7.09. The Balaban J connectivity index is 1.90. The monoisotopic (exact) mass is 202 g/mol. The van der Waals surface area contributed by atoms with Gasteiger partial charge < -0.3 is 4.52 Å². The van der Waals surface area contributed by atoms with Crippen molar-refractivity contribution in [2.75, 3.05) is 26.2 Å². The maximum atomic E-state index is 5.49. The van der Waals surface area contributed by atoms with E-state index in [1.807, 2.05) is 0 Å². The fraction of sp³-hybridized carbons (Fsp3) is 1.00. The lowest BCUT2D eigenvalue weighted by molar-refractivity contribution is -0.0613. The van der Waals surface area contributed by atoms with Crippen LogP contribution in [-0.4, -0.2) is 42.3 Å². The summed E-state index contributed by atoms with van der Waals surface area (Å²) < 4.78 is 5.49. The van der Waals surface area contributed by atoms with E-state index in [9.17, 15) is 0 Å². The molecule has 2 aliphatic rings. The highest BCUT2D eigenvalue weighted by Crippen LogP contribution is 2.21. The smallest absolute Gasteiger partial charge is 0.171 e. The predicted octanol–water partition coefficient (Wildman–Crippen LogP) is 1.27. The van der Waals surface area contributed by atoms with Crippen LogP contribution in [0, 0.1) is 0 Å². The number of rotatable bonds is 3. The van der Waals surface area contributed by atoms with E-state index in [0.29, 0.717) is 0 Å². The summed E-state index contributed by atoms with van der Waals surface area (Å²) >= 11 is 0. The third kappa shape index (κ3) is 2.21. The molecule has 0 radical (unpaired) electrons. The van der Waals surface area contributed by atoms with Crippen molar-refractivity contribution < 1.29 is 4.52 Å². The Bertz CT molecular complexity index is 140. The summed E-state index contributed by atoms with van der Waals surface area (Å²) in [6, 6.07) is 0. The van der Waals surface area contributed by atoms with Gasteiger partial charge in [0.1, 0.15) is 0 Å². The van der Waals surface area contributed by atoms with Crippen LogP contribution < -0.4 is 0 Å². The van der Waals surface area contributed by atoms with Crippen LogP contribution in [-0.2, 0) is 4.52 Å². The molecule has 0 spiro atoms. The van der Waals surface area contributed by atoms with Crippen LogP contribution in [0.5, 0.6) is 0 Å². The van der Waals surface area contributed by atoms with E-state index in [4.69, 9.17) is 4.52 Å². The van der Waals surface area contributed by atoms with E-state index in [-0.39, 0.29) is 6.35 Å². The average Bonchev–Trinajstić information content (AvgIpc) is 2.76. The topological polar surface area (TPSA) is 15.7 Å². The normalized spacial score (nSPS) is 26.3. The number of hydrogen-bond acceptors (Lipinski definition) is 3. The van der Waals surface area contributed by atoms with Gasteiger partial charge in [-0.3, -0.25) is 9.80 Å². The Morgan fingerprint density at radius 3 is 1.54 bits per heavy atom. The first-order valence-electron chi connectivity index (χ1n) is 5.25. The van der Waals surface area contributed by atoms with Gasteiger partial charge in [-0.2, -0.15) is 0 Å². The van der Waals surface area contributed by atoms with Gasteiger partial charge in [0.25, 0.3) is 0 Å². The molecule has 4 heteroatoms. The lowest BCUT2D eigenvalue weighted by Gasteiger charge is -2.33. The summed E-state index contributed by atoms with van der Waals surface area (Å²) in [5.41, 5.74) is 0. The largest absolute Gasteiger partial charge is 0.333 e. The van der Waals surface area contributed by atoms with Crippen molar-refractivity contribution in [2.24, 2.45) is 0 Å². The third-order valence-corrected chi connectivity index (χ3v) is 3.27. The number of likely N-dealkylation sites (tertiary alicyclic amines) is 2. The summed E-state index contributed by atoms with van der Waals surface area (Å²) in [5, 5.41) is 0. The zero-order valence-corrected chi connectivity index (χ0v) is 9.27. The van der Waals surface area contributed by atoms with Crippen molar-refractivity contribution in [3.63, 3.8) is 0 Å². The van der Waals surface area contributed by atoms with Gasteiger partial charge in [-0.1, -0.05) is 0 Å². The standard InChI is InChI=1S/C9H19N2OP/c13-12-9(10-5-1-2-6-10)11-7-3-4-8-11/h9H,1-8,13H2. The lowest BCUT2D eigenvalue weighted by atomic mass is 10.4. The Morgan fingerprint density at radius 1 is 0.846 bits per heavy atom. The van der Waals surface area contributed by atoms with Crippen LogP contribution in [0.2, 0.25) is 0 Å². The molecule has 2 heterocycles. The minimum absolute atomic E-state index is 0.231. The van der Waals surface area contributed by atoms with Crippen LogP contribution in [0.15, 0.2) is 0 Å². The second-order valence-electron chi connectivity index (χ2n) is 3.95. The first-order chi connectivity index (χ1) is 6.42. The molecule has 0 N–H and O–H groups in total. The molecular weight excluding hydrogens is 183 g/mol. The van der Waals surface area contributed by atoms with Crippen molar-refractivity contribution in [3.8, 4) is 0 Å². The van der Waals surface area contributed by atoms with Crippen LogP contribution in [0.3, 0.4) is 0 Å². The minimum Gasteiger partial charge on any atom is -0.333 e. The summed E-state index contributed by atoms with van der Waals surface area (Å²) in [6.07, 6.45) is 5.56. The fourth-order valence-corrected chi connectivity index (χ4v) is 2.67. The second kappa shape index (κ2) is 4.70. The number of hydrogen-bond donors (Lipinski definition) is 0. The zero-order valence-electron chi connectivity index (χ0n) is 8.11. The molecule has 0 saturated carbocycles. The fourth-order valence-electron chi connectivity index (χ4n) is 2.33. The van der Waals surface area contributed by atoms with E-state index in [2.05, 4.69) is 19.3 Å². The maximum absolute atomic E-state index is 5.49. The first-order valence-corrected chi connectivity index (χ1v) is 5.72. The molecule has 76 valence electrons. The summed E-state index contributed by atoms with van der Waals surface area (Å²) in [5.74, 6) is 0. The average molecular weight is 202 g/mol. The molecule has 1 atom stereocenters. The molecule has 0 aliphatic carbocycles. The molecule has 13 heavy (non-hydrogen) atoms. The summed E-state index contributed by atoms with van der Waals surface area (Å²) in [7, 11) is 2.42. The van der Waals surface area contributed by atoms with Crippen LogP contribution >= 0.6 is 9.47 Å². The Kier molecular flexibility index (Phi) is 3.56. The van der Waals surface area contributed by atoms with E-state index in [1.54, 1.807) is 0 Å². The van der Waals surface area contributed by atoms with E-state index in [0.717, 1.165) is 0 Å². The summed E-state index contributed by atoms with van der Waals surface area (Å²) in [4.78, 5) is 4.89. The van der Waals surface area contributed by atoms with Crippen LogP contribution in [0.4, 0.5) is 0 Å². The van der Waals surface area contributed by atoms with Gasteiger partial charge in [-0.05, 0) is 25.7 Å². The zero-order chi connectivity index (χ0) is 9.10. The van der Waals surface area contributed by atoms with Gasteiger partial charge in [0, 0.05) is 35.6 Å². The summed E-state index contributed by atoms with van der Waals surface area (Å²) in [6.45, 7) is 4.82. The van der Waals surface area contributed by atoms with Crippen LogP contribution in [0.1, 0.15) is 25.7 Å². The quantitative estimate of drug-likeness (QED) is 0.641. The Labute approximate surface area is 82.7 Å². The van der Waals surface area contributed by atoms with Crippen molar-refractivity contribution >= 4 is 9.47 Å². The predicted molar refractivity (Wildman–Crippen MR) is 56.2 cm³/mol. The SMILES string of the molecule is POC(N1CCCC1)N1CCCC1. The molecule has 1 unspecified atom stereocenters. The lowest BCUT2D eigenvalue weighted by Crippen LogP contribution is -2.46. The van der Waals surface area contributed by atoms with Crippen molar-refractivity contribution in [1.29, 1.82) is 0 Å². The third-order valence-electron chi connectivity index (χ3n) is 3.03. The van der Waals surface area contributed by atoms with E-state index in [1.165, 1.54) is 51.9 Å². The molecule has 0 bridgehead atoms. The Hall–Kier alpha value is 0.310. The second-order valence-corrected chi connectivity index (χ2v) is 4.22.